The first-order valence-electron chi connectivity index (χ1n) is 17.6. The third kappa shape index (κ3) is 10.4. The quantitative estimate of drug-likeness (QED) is 0.123. The molecule has 1 fully saturated rings. The Morgan fingerprint density at radius 3 is 2.29 bits per heavy atom. The van der Waals surface area contributed by atoms with Crippen molar-refractivity contribution in [1.29, 1.82) is 0 Å². The average Bonchev–Trinajstić information content (AvgIpc) is 3.79. The first-order chi connectivity index (χ1) is 24.6. The van der Waals surface area contributed by atoms with Gasteiger partial charge in [-0.3, -0.25) is 24.0 Å². The van der Waals surface area contributed by atoms with Gasteiger partial charge in [-0.25, -0.2) is 9.37 Å². The van der Waals surface area contributed by atoms with Gasteiger partial charge in [-0.2, -0.15) is 0 Å². The highest BCUT2D eigenvalue weighted by Crippen LogP contribution is 2.23. The molecule has 0 radical (unpaired) electrons. The van der Waals surface area contributed by atoms with Crippen LogP contribution in [0.25, 0.3) is 11.5 Å². The van der Waals surface area contributed by atoms with Gasteiger partial charge in [-0.1, -0.05) is 34.1 Å². The van der Waals surface area contributed by atoms with Gasteiger partial charge in [0.05, 0.1) is 12.2 Å². The number of aromatic nitrogens is 3. The van der Waals surface area contributed by atoms with Gasteiger partial charge in [0.2, 0.25) is 29.4 Å². The summed E-state index contributed by atoms with van der Waals surface area (Å²) in [5.41, 5.74) is 0.0364. The lowest BCUT2D eigenvalue weighted by Crippen LogP contribution is -2.57. The maximum absolute atomic E-state index is 13.8. The van der Waals surface area contributed by atoms with Gasteiger partial charge < -0.3 is 30.4 Å². The average molecular weight is 722 g/mol. The highest BCUT2D eigenvalue weighted by molar-refractivity contribution is 6.00. The zero-order valence-electron chi connectivity index (χ0n) is 30.4. The molecule has 3 heterocycles. The Morgan fingerprint density at radius 1 is 0.962 bits per heavy atom. The fourth-order valence-corrected chi connectivity index (χ4v) is 6.00. The van der Waals surface area contributed by atoms with E-state index in [2.05, 4.69) is 31.1 Å². The molecule has 0 unspecified atom stereocenters. The number of rotatable bonds is 16. The monoisotopic (exact) mass is 721 g/mol. The lowest BCUT2D eigenvalue weighted by molar-refractivity contribution is -0.142. The smallest absolute Gasteiger partial charge is 0.286 e. The van der Waals surface area contributed by atoms with Crippen LogP contribution in [0.5, 0.6) is 5.75 Å². The van der Waals surface area contributed by atoms with Gasteiger partial charge in [0.25, 0.3) is 11.8 Å². The lowest BCUT2D eigenvalue weighted by atomic mass is 9.96. The summed E-state index contributed by atoms with van der Waals surface area (Å²) < 4.78 is 18.9. The molecule has 1 aromatic carbocycles. The third-order valence-electron chi connectivity index (χ3n) is 8.95. The van der Waals surface area contributed by atoms with Crippen molar-refractivity contribution in [3.8, 4) is 17.2 Å². The molecule has 0 spiro atoms. The number of pyridine rings is 1. The van der Waals surface area contributed by atoms with Crippen LogP contribution in [0, 0.1) is 17.7 Å². The SMILES string of the molecule is CC(C)[C@H](NC(=O)[C@@H]1CCCN1C(=O)[C@@H](NC(=O)CCCCC(C)(C)NC(=O)c1ccc(O)cn1)C(C)C)C(=O)c1nnc(-c2ccc(F)cc2)o1. The highest BCUT2D eigenvalue weighted by atomic mass is 19.1. The number of benzene rings is 1. The van der Waals surface area contributed by atoms with E-state index in [4.69, 9.17) is 4.42 Å². The second-order valence-corrected chi connectivity index (χ2v) is 14.4. The Balaban J connectivity index is 1.30. The summed E-state index contributed by atoms with van der Waals surface area (Å²) in [7, 11) is 0. The Labute approximate surface area is 302 Å². The van der Waals surface area contributed by atoms with Crippen LogP contribution in [0.3, 0.4) is 0 Å². The third-order valence-corrected chi connectivity index (χ3v) is 8.95. The van der Waals surface area contributed by atoms with Gasteiger partial charge in [0.1, 0.15) is 29.3 Å². The van der Waals surface area contributed by atoms with Crippen LogP contribution in [0.15, 0.2) is 47.0 Å². The molecule has 4 rings (SSSR count). The maximum atomic E-state index is 13.8. The molecule has 52 heavy (non-hydrogen) atoms. The maximum Gasteiger partial charge on any atom is 0.286 e. The number of hydrogen-bond donors (Lipinski definition) is 4. The molecule has 1 saturated heterocycles. The molecule has 14 nitrogen and oxygen atoms in total. The molecule has 3 aromatic rings. The van der Waals surface area contributed by atoms with Crippen LogP contribution >= 0.6 is 0 Å². The van der Waals surface area contributed by atoms with Crippen molar-refractivity contribution in [2.24, 2.45) is 11.8 Å². The molecule has 0 saturated carbocycles. The van der Waals surface area contributed by atoms with Crippen molar-refractivity contribution < 1.29 is 37.9 Å². The van der Waals surface area contributed by atoms with Gasteiger partial charge in [-0.05, 0) is 87.8 Å². The van der Waals surface area contributed by atoms with E-state index in [1.54, 1.807) is 13.8 Å². The number of likely N-dealkylation sites (tertiary alicyclic amines) is 1. The van der Waals surface area contributed by atoms with Crippen molar-refractivity contribution >= 4 is 29.4 Å². The molecule has 1 aliphatic rings. The van der Waals surface area contributed by atoms with Gasteiger partial charge in [0, 0.05) is 24.1 Å². The van der Waals surface area contributed by atoms with Crippen LogP contribution in [0.4, 0.5) is 4.39 Å². The molecule has 15 heteroatoms. The molecule has 4 amide bonds. The topological polar surface area (TPSA) is 197 Å². The number of nitrogens with one attached hydrogen (secondary N) is 3. The fraction of sp³-hybridized carbons (Fsp3) is 0.514. The number of amides is 4. The molecule has 1 aliphatic heterocycles. The fourth-order valence-electron chi connectivity index (χ4n) is 6.00. The zero-order chi connectivity index (χ0) is 38.2. The summed E-state index contributed by atoms with van der Waals surface area (Å²) in [6.45, 7) is 11.2. The van der Waals surface area contributed by atoms with E-state index in [0.717, 1.165) is 0 Å². The normalized spacial score (nSPS) is 15.7. The first-order valence-corrected chi connectivity index (χ1v) is 17.6. The van der Waals surface area contributed by atoms with Crippen molar-refractivity contribution in [2.45, 2.75) is 104 Å². The molecule has 280 valence electrons. The van der Waals surface area contributed by atoms with Gasteiger partial charge >= 0.3 is 0 Å². The lowest BCUT2D eigenvalue weighted by Gasteiger charge is -2.31. The number of unbranched alkanes of at least 4 members (excludes halogenated alkanes) is 1. The van der Waals surface area contributed by atoms with Crippen molar-refractivity contribution in [3.05, 3.63) is 60.0 Å². The summed E-state index contributed by atoms with van der Waals surface area (Å²) >= 11 is 0. The van der Waals surface area contributed by atoms with E-state index in [1.807, 2.05) is 27.7 Å². The van der Waals surface area contributed by atoms with E-state index in [9.17, 15) is 33.5 Å². The first kappa shape index (κ1) is 39.6. The molecular weight excluding hydrogens is 673 g/mol. The van der Waals surface area contributed by atoms with Crippen LogP contribution in [-0.2, 0) is 14.4 Å². The predicted octanol–water partition coefficient (Wildman–Crippen LogP) is 4.20. The Kier molecular flexibility index (Phi) is 13.2. The molecule has 2 aromatic heterocycles. The second-order valence-electron chi connectivity index (χ2n) is 14.4. The summed E-state index contributed by atoms with van der Waals surface area (Å²) in [4.78, 5) is 71.8. The van der Waals surface area contributed by atoms with E-state index in [-0.39, 0.29) is 59.2 Å². The van der Waals surface area contributed by atoms with Crippen LogP contribution in [0.1, 0.15) is 101 Å². The van der Waals surface area contributed by atoms with Crippen LogP contribution < -0.4 is 16.0 Å². The molecule has 0 aliphatic carbocycles. The Morgan fingerprint density at radius 2 is 1.65 bits per heavy atom. The largest absolute Gasteiger partial charge is 0.506 e. The van der Waals surface area contributed by atoms with E-state index in [1.165, 1.54) is 47.5 Å². The molecule has 4 N–H and O–H groups in total. The number of halogens is 1. The minimum Gasteiger partial charge on any atom is -0.506 e. The van der Waals surface area contributed by atoms with E-state index in [0.29, 0.717) is 44.2 Å². The van der Waals surface area contributed by atoms with Crippen molar-refractivity contribution in [1.82, 2.24) is 36.0 Å². The van der Waals surface area contributed by atoms with E-state index < -0.39 is 41.2 Å². The second kappa shape index (κ2) is 17.3. The highest BCUT2D eigenvalue weighted by Gasteiger charge is 2.40. The molecule has 3 atom stereocenters. The molecular formula is C37H48FN7O7. The number of carbonyl (C=O) groups is 5. The number of aromatic hydroxyl groups is 1. The van der Waals surface area contributed by atoms with E-state index >= 15 is 0 Å². The van der Waals surface area contributed by atoms with Gasteiger partial charge in [-0.15, -0.1) is 10.2 Å². The minimum atomic E-state index is -1.02. The van der Waals surface area contributed by atoms with Crippen LogP contribution in [-0.4, -0.2) is 84.8 Å². The predicted molar refractivity (Wildman–Crippen MR) is 188 cm³/mol. The summed E-state index contributed by atoms with van der Waals surface area (Å²) in [5.74, 6) is -3.50. The summed E-state index contributed by atoms with van der Waals surface area (Å²) in [6, 6.07) is 5.46. The van der Waals surface area contributed by atoms with Crippen LogP contribution in [0.2, 0.25) is 0 Å². The zero-order valence-corrected chi connectivity index (χ0v) is 30.4. The minimum absolute atomic E-state index is 0.0311. The van der Waals surface area contributed by atoms with Gasteiger partial charge in [0.15, 0.2) is 0 Å². The molecule has 0 bridgehead atoms. The Hall–Kier alpha value is -5.21. The summed E-state index contributed by atoms with van der Waals surface area (Å²) in [5, 5.41) is 25.7. The number of ketones is 1. The summed E-state index contributed by atoms with van der Waals surface area (Å²) in [6.07, 6.45) is 4.07. The standard InChI is InChI=1S/C37H48FN7O7/c1-21(2)29(31(48)35-44-43-34(52-35)23-12-14-24(38)15-13-23)41-33(50)27-10-9-19-45(27)36(51)30(22(3)4)40-28(47)11-7-8-18-37(5,6)42-32(49)26-17-16-25(46)20-39-26/h12-17,20-22,27,29-30,46H,7-11,18-19H2,1-6H3,(H,40,47)(H,41,50)(H,42,49)/t27-,29-,30-/m0/s1. The van der Waals surface area contributed by atoms with Crippen molar-refractivity contribution in [3.63, 3.8) is 0 Å². The number of nitrogens with zero attached hydrogens (tertiary/aromatic N) is 4. The number of carbonyl (C=O) groups excluding carboxylic acids is 5. The number of hydrogen-bond acceptors (Lipinski definition) is 10. The Bertz CT molecular complexity index is 1720. The van der Waals surface area contributed by atoms with Crippen molar-refractivity contribution in [2.75, 3.05) is 6.54 Å². The number of Topliss-reactive ketones (excluding diaryl/α,β-unsaturated/α-hetero) is 1.